The summed E-state index contributed by atoms with van der Waals surface area (Å²) in [6.07, 6.45) is 0.816. The number of benzene rings is 1. The molecule has 3 aromatic rings. The highest BCUT2D eigenvalue weighted by Gasteiger charge is 2.21. The Morgan fingerprint density at radius 2 is 1.94 bits per heavy atom. The molecule has 1 aromatic carbocycles. The van der Waals surface area contributed by atoms with Crippen LogP contribution in [0, 0.1) is 5.92 Å². The number of thiazole rings is 1. The third kappa shape index (κ3) is 6.71. The summed E-state index contributed by atoms with van der Waals surface area (Å²) in [6.45, 7) is 6.38. The summed E-state index contributed by atoms with van der Waals surface area (Å²) in [6, 6.07) is 10.1. The van der Waals surface area contributed by atoms with Crippen molar-refractivity contribution >= 4 is 52.9 Å². The zero-order valence-corrected chi connectivity index (χ0v) is 20.5. The fourth-order valence-corrected chi connectivity index (χ4v) is 5.37. The second-order valence-corrected chi connectivity index (χ2v) is 10.9. The largest absolute Gasteiger partial charge is 0.485 e. The Hall–Kier alpha value is -1.55. The predicted molar refractivity (Wildman–Crippen MR) is 131 cm³/mol. The summed E-state index contributed by atoms with van der Waals surface area (Å²) in [5, 5.41) is 17.6. The van der Waals surface area contributed by atoms with Crippen LogP contribution >= 0.6 is 31.6 Å². The summed E-state index contributed by atoms with van der Waals surface area (Å²) in [7, 11) is -0.0610. The number of aliphatic hydroxyl groups is 1. The second kappa shape index (κ2) is 11.4. The molecule has 0 aliphatic carbocycles. The van der Waals surface area contributed by atoms with Crippen LogP contribution < -0.4 is 10.4 Å². The van der Waals surface area contributed by atoms with Crippen molar-refractivity contribution in [1.29, 1.82) is 0 Å². The highest BCUT2D eigenvalue weighted by Crippen LogP contribution is 2.40. The first-order valence-electron chi connectivity index (χ1n) is 9.99. The van der Waals surface area contributed by atoms with Gasteiger partial charge in [-0.1, -0.05) is 67.3 Å². The third-order valence-corrected chi connectivity index (χ3v) is 7.40. The van der Waals surface area contributed by atoms with Crippen LogP contribution in [0.25, 0.3) is 10.3 Å². The first kappa shape index (κ1) is 24.1. The summed E-state index contributed by atoms with van der Waals surface area (Å²) < 4.78 is 5.82. The molecule has 3 rings (SSSR count). The van der Waals surface area contributed by atoms with E-state index in [-0.39, 0.29) is 17.9 Å². The quantitative estimate of drug-likeness (QED) is 0.155. The molecule has 11 heteroatoms. The van der Waals surface area contributed by atoms with E-state index >= 15 is 0 Å². The fourth-order valence-electron chi connectivity index (χ4n) is 3.03. The second-order valence-electron chi connectivity index (χ2n) is 7.44. The van der Waals surface area contributed by atoms with Crippen LogP contribution in [0.5, 0.6) is 0 Å². The van der Waals surface area contributed by atoms with Crippen molar-refractivity contribution < 1.29 is 14.5 Å². The fraction of sp³-hybridized carbons (Fsp3) is 0.450. The molecule has 0 aliphatic rings. The molecule has 2 heterocycles. The van der Waals surface area contributed by atoms with Crippen LogP contribution in [-0.2, 0) is 4.52 Å². The molecule has 0 spiro atoms. The summed E-state index contributed by atoms with van der Waals surface area (Å²) in [5.41, 5.74) is 1.76. The maximum atomic E-state index is 9.85. The Kier molecular flexibility index (Phi) is 8.83. The molecule has 0 aliphatic heterocycles. The van der Waals surface area contributed by atoms with Crippen molar-refractivity contribution in [2.75, 3.05) is 24.1 Å². The first-order valence-corrected chi connectivity index (χ1v) is 12.9. The van der Waals surface area contributed by atoms with E-state index in [0.717, 1.165) is 11.1 Å². The summed E-state index contributed by atoms with van der Waals surface area (Å²) in [5.74, 6) is 1.09. The van der Waals surface area contributed by atoms with Crippen LogP contribution in [0.1, 0.15) is 38.0 Å². The zero-order valence-electron chi connectivity index (χ0n) is 18.0. The summed E-state index contributed by atoms with van der Waals surface area (Å²) in [4.78, 5) is 21.8. The molecule has 0 radical (unpaired) electrons. The number of anilines is 2. The normalized spacial score (nSPS) is 14.5. The van der Waals surface area contributed by atoms with Gasteiger partial charge in [0, 0.05) is 12.4 Å². The number of hydrogen-bond donors (Lipinski definition) is 3. The Bertz CT molecular complexity index is 976. The molecule has 2 unspecified atom stereocenters. The molecule has 0 saturated carbocycles. The number of nitrogens with one attached hydrogen (secondary N) is 2. The van der Waals surface area contributed by atoms with E-state index in [2.05, 4.69) is 53.3 Å². The molecule has 3 atom stereocenters. The van der Waals surface area contributed by atoms with Gasteiger partial charge in [0.1, 0.15) is 4.70 Å². The lowest BCUT2D eigenvalue weighted by molar-refractivity contribution is 0.259. The van der Waals surface area contributed by atoms with Crippen LogP contribution in [0.15, 0.2) is 35.5 Å². The third-order valence-electron chi connectivity index (χ3n) is 4.48. The Balaban J connectivity index is 1.94. The van der Waals surface area contributed by atoms with Crippen LogP contribution in [0.4, 0.5) is 10.9 Å². The minimum atomic E-state index is -1.55. The maximum Gasteiger partial charge on any atom is 0.485 e. The van der Waals surface area contributed by atoms with E-state index in [0.29, 0.717) is 27.7 Å². The molecule has 5 N–H and O–H groups in total. The topological polar surface area (TPSA) is 115 Å². The Labute approximate surface area is 191 Å². The molecule has 0 fully saturated rings. The average Bonchev–Trinajstić information content (AvgIpc) is 3.15. The molecular formula is C20H29N5O3PS2+. The first-order chi connectivity index (χ1) is 14.9. The molecule has 168 valence electrons. The number of aromatic nitrogens is 3. The van der Waals surface area contributed by atoms with E-state index in [1.165, 1.54) is 24.0 Å². The number of hydrogen-bond acceptors (Lipinski definition) is 9. The number of aliphatic hydroxyl groups excluding tert-OH is 1. The highest BCUT2D eigenvalue weighted by molar-refractivity contribution is 7.99. The van der Waals surface area contributed by atoms with Crippen molar-refractivity contribution in [3.63, 3.8) is 0 Å². The average molecular weight is 483 g/mol. The van der Waals surface area contributed by atoms with Crippen LogP contribution in [0.3, 0.4) is 0 Å². The molecule has 0 bridgehead atoms. The molecule has 8 nitrogen and oxygen atoms in total. The standard InChI is InChI=1S/C20H28N5O3PS2/c1-12(2)10-15(11-26)21-17-16-18(24-20(31-16)25-29(27)28-4)23-19(22-17)30-13(3)14-8-6-5-7-9-14/h5-9,12-13,15,26-27H,10-11H2,1-4H3,(H2,21,22,23,24,25)/p+1/t13-,15?,29?/m0/s1. The Morgan fingerprint density at radius 3 is 2.58 bits per heavy atom. The van der Waals surface area contributed by atoms with E-state index in [4.69, 9.17) is 14.4 Å². The lowest BCUT2D eigenvalue weighted by Crippen LogP contribution is -2.26. The van der Waals surface area contributed by atoms with Gasteiger partial charge in [-0.25, -0.2) is 9.97 Å². The zero-order chi connectivity index (χ0) is 22.4. The van der Waals surface area contributed by atoms with Gasteiger partial charge < -0.3 is 15.3 Å². The van der Waals surface area contributed by atoms with E-state index in [1.54, 1.807) is 11.8 Å². The van der Waals surface area contributed by atoms with Gasteiger partial charge in [0.2, 0.25) is 0 Å². The minimum Gasteiger partial charge on any atom is -0.396 e. The van der Waals surface area contributed by atoms with Crippen LogP contribution in [-0.4, -0.2) is 44.7 Å². The Morgan fingerprint density at radius 1 is 1.19 bits per heavy atom. The van der Waals surface area contributed by atoms with Crippen molar-refractivity contribution in [2.45, 2.75) is 43.6 Å². The summed E-state index contributed by atoms with van der Waals surface area (Å²) >= 11 is 2.94. The van der Waals surface area contributed by atoms with E-state index in [1.807, 2.05) is 18.2 Å². The number of fused-ring (bicyclic) bond motifs is 1. The minimum absolute atomic E-state index is 0.0121. The molecule has 2 aromatic heterocycles. The van der Waals surface area contributed by atoms with Crippen molar-refractivity contribution in [3.8, 4) is 0 Å². The SMILES string of the molecule is COP([OH2+])Nc1nc2nc(S[C@@H](C)c3ccccc3)nc(NC(CO)CC(C)C)c2s1. The number of nitrogens with zero attached hydrogens (tertiary/aromatic N) is 3. The van der Waals surface area contributed by atoms with Gasteiger partial charge >= 0.3 is 8.53 Å². The molecule has 0 saturated heterocycles. The lowest BCUT2D eigenvalue weighted by Gasteiger charge is -2.19. The highest BCUT2D eigenvalue weighted by atomic mass is 32.2. The van der Waals surface area contributed by atoms with Crippen molar-refractivity contribution in [1.82, 2.24) is 15.0 Å². The van der Waals surface area contributed by atoms with E-state index in [9.17, 15) is 5.11 Å². The van der Waals surface area contributed by atoms with Crippen molar-refractivity contribution in [3.05, 3.63) is 35.9 Å². The monoisotopic (exact) mass is 482 g/mol. The smallest absolute Gasteiger partial charge is 0.396 e. The van der Waals surface area contributed by atoms with E-state index < -0.39 is 8.53 Å². The number of rotatable bonds is 11. The predicted octanol–water partition coefficient (Wildman–Crippen LogP) is 4.77. The lowest BCUT2D eigenvalue weighted by atomic mass is 10.0. The van der Waals surface area contributed by atoms with Gasteiger partial charge in [0.15, 0.2) is 21.8 Å². The number of thioether (sulfide) groups is 1. The van der Waals surface area contributed by atoms with Gasteiger partial charge in [-0.15, -0.1) is 0 Å². The molecular weight excluding hydrogens is 453 g/mol. The van der Waals surface area contributed by atoms with Gasteiger partial charge in [-0.2, -0.15) is 4.98 Å². The molecule has 31 heavy (non-hydrogen) atoms. The van der Waals surface area contributed by atoms with Gasteiger partial charge in [0.05, 0.1) is 12.6 Å². The van der Waals surface area contributed by atoms with Crippen LogP contribution in [0.2, 0.25) is 0 Å². The van der Waals surface area contributed by atoms with Gasteiger partial charge in [0.25, 0.3) is 0 Å². The van der Waals surface area contributed by atoms with Crippen molar-refractivity contribution in [2.24, 2.45) is 5.92 Å². The maximum absolute atomic E-state index is 9.85. The van der Waals surface area contributed by atoms with Gasteiger partial charge in [-0.05, 0) is 24.8 Å². The molecule has 0 amide bonds. The van der Waals surface area contributed by atoms with Gasteiger partial charge in [-0.3, -0.25) is 9.61 Å².